The van der Waals surface area contributed by atoms with Gasteiger partial charge in [-0.2, -0.15) is 0 Å². The van der Waals surface area contributed by atoms with Gasteiger partial charge in [0.2, 0.25) is 0 Å². The van der Waals surface area contributed by atoms with Gasteiger partial charge >= 0.3 is 0 Å². The van der Waals surface area contributed by atoms with Crippen molar-refractivity contribution in [3.63, 3.8) is 0 Å². The molecule has 17 heavy (non-hydrogen) atoms. The van der Waals surface area contributed by atoms with Crippen molar-refractivity contribution in [2.24, 2.45) is 11.8 Å². The average molecular weight is 235 g/mol. The number of ether oxygens (including phenoxy) is 1. The van der Waals surface area contributed by atoms with E-state index in [-0.39, 0.29) is 11.8 Å². The predicted molar refractivity (Wildman–Crippen MR) is 68.1 cm³/mol. The van der Waals surface area contributed by atoms with E-state index in [2.05, 4.69) is 19.2 Å². The fourth-order valence-electron chi connectivity index (χ4n) is 2.74. The molecule has 1 fully saturated rings. The SMILES string of the molecule is COc1ccc([C@@]2(O)[C@H](C)CNC[C@@H]2C)cc1. The highest BCUT2D eigenvalue weighted by Crippen LogP contribution is 2.39. The second kappa shape index (κ2) is 4.67. The van der Waals surface area contributed by atoms with Gasteiger partial charge in [0.05, 0.1) is 12.7 Å². The number of piperidine rings is 1. The Morgan fingerprint density at radius 2 is 1.71 bits per heavy atom. The Morgan fingerprint density at radius 3 is 2.18 bits per heavy atom. The van der Waals surface area contributed by atoms with Gasteiger partial charge in [-0.05, 0) is 17.7 Å². The van der Waals surface area contributed by atoms with Crippen LogP contribution in [0.2, 0.25) is 0 Å². The van der Waals surface area contributed by atoms with Crippen LogP contribution in [0.4, 0.5) is 0 Å². The van der Waals surface area contributed by atoms with Gasteiger partial charge in [-0.25, -0.2) is 0 Å². The Kier molecular flexibility index (Phi) is 3.40. The van der Waals surface area contributed by atoms with Crippen LogP contribution in [0.3, 0.4) is 0 Å². The minimum Gasteiger partial charge on any atom is -0.497 e. The number of aliphatic hydroxyl groups is 1. The smallest absolute Gasteiger partial charge is 0.118 e. The quantitative estimate of drug-likeness (QED) is 0.820. The lowest BCUT2D eigenvalue weighted by atomic mass is 9.71. The highest BCUT2D eigenvalue weighted by molar-refractivity contribution is 5.32. The molecule has 0 amide bonds. The molecular formula is C14H21NO2. The number of methoxy groups -OCH3 is 1. The van der Waals surface area contributed by atoms with Crippen molar-refractivity contribution in [3.8, 4) is 5.75 Å². The van der Waals surface area contributed by atoms with Gasteiger partial charge in [0.25, 0.3) is 0 Å². The van der Waals surface area contributed by atoms with Crippen molar-refractivity contribution in [1.29, 1.82) is 0 Å². The van der Waals surface area contributed by atoms with Crippen molar-refractivity contribution in [3.05, 3.63) is 29.8 Å². The van der Waals surface area contributed by atoms with E-state index in [0.29, 0.717) is 0 Å². The number of rotatable bonds is 2. The molecule has 0 spiro atoms. The van der Waals surface area contributed by atoms with E-state index >= 15 is 0 Å². The Hall–Kier alpha value is -1.06. The molecule has 1 aromatic rings. The van der Waals surface area contributed by atoms with Crippen molar-refractivity contribution < 1.29 is 9.84 Å². The molecule has 0 unspecified atom stereocenters. The molecule has 0 saturated carbocycles. The van der Waals surface area contributed by atoms with Crippen LogP contribution in [0.5, 0.6) is 5.75 Å². The van der Waals surface area contributed by atoms with E-state index in [0.717, 1.165) is 24.4 Å². The molecule has 1 saturated heterocycles. The fourth-order valence-corrected chi connectivity index (χ4v) is 2.74. The van der Waals surface area contributed by atoms with Gasteiger partial charge in [0.1, 0.15) is 5.75 Å². The van der Waals surface area contributed by atoms with Gasteiger partial charge in [-0.3, -0.25) is 0 Å². The highest BCUT2D eigenvalue weighted by atomic mass is 16.5. The molecule has 0 radical (unpaired) electrons. The van der Waals surface area contributed by atoms with E-state index in [1.165, 1.54) is 0 Å². The topological polar surface area (TPSA) is 41.5 Å². The highest BCUT2D eigenvalue weighted by Gasteiger charge is 2.43. The lowest BCUT2D eigenvalue weighted by Gasteiger charge is -2.44. The molecule has 1 aliphatic heterocycles. The summed E-state index contributed by atoms with van der Waals surface area (Å²) in [4.78, 5) is 0. The summed E-state index contributed by atoms with van der Waals surface area (Å²) in [6, 6.07) is 7.76. The second-order valence-corrected chi connectivity index (χ2v) is 5.01. The normalized spacial score (nSPS) is 33.4. The molecule has 1 aromatic carbocycles. The zero-order chi connectivity index (χ0) is 12.5. The Balaban J connectivity index is 2.34. The number of hydrogen-bond acceptors (Lipinski definition) is 3. The third-order valence-corrected chi connectivity index (χ3v) is 3.96. The molecule has 0 bridgehead atoms. The molecule has 3 heteroatoms. The van der Waals surface area contributed by atoms with Crippen LogP contribution in [-0.2, 0) is 5.60 Å². The molecule has 0 aliphatic carbocycles. The van der Waals surface area contributed by atoms with Crippen LogP contribution in [0, 0.1) is 11.8 Å². The first-order chi connectivity index (χ1) is 8.09. The number of benzene rings is 1. The van der Waals surface area contributed by atoms with Gasteiger partial charge in [0.15, 0.2) is 0 Å². The summed E-state index contributed by atoms with van der Waals surface area (Å²) < 4.78 is 5.15. The third-order valence-electron chi connectivity index (χ3n) is 3.96. The maximum absolute atomic E-state index is 11.0. The molecule has 3 nitrogen and oxygen atoms in total. The fraction of sp³-hybridized carbons (Fsp3) is 0.571. The van der Waals surface area contributed by atoms with Crippen LogP contribution < -0.4 is 10.1 Å². The molecule has 1 aliphatic rings. The summed E-state index contributed by atoms with van der Waals surface area (Å²) in [5.74, 6) is 1.24. The van der Waals surface area contributed by atoms with Gasteiger partial charge in [0, 0.05) is 24.9 Å². The summed E-state index contributed by atoms with van der Waals surface area (Å²) in [5.41, 5.74) is 0.247. The van der Waals surface area contributed by atoms with Gasteiger partial charge in [-0.15, -0.1) is 0 Å². The predicted octanol–water partition coefficient (Wildman–Crippen LogP) is 1.76. The number of hydrogen-bond donors (Lipinski definition) is 2. The van der Waals surface area contributed by atoms with Crippen LogP contribution >= 0.6 is 0 Å². The maximum Gasteiger partial charge on any atom is 0.118 e. The van der Waals surface area contributed by atoms with E-state index in [9.17, 15) is 5.11 Å². The van der Waals surface area contributed by atoms with Gasteiger partial charge < -0.3 is 15.2 Å². The second-order valence-electron chi connectivity index (χ2n) is 5.01. The molecular weight excluding hydrogens is 214 g/mol. The minimum atomic E-state index is -0.739. The van der Waals surface area contributed by atoms with Crippen LogP contribution in [0.15, 0.2) is 24.3 Å². The summed E-state index contributed by atoms with van der Waals surface area (Å²) in [6.07, 6.45) is 0. The van der Waals surface area contributed by atoms with E-state index in [1.807, 2.05) is 24.3 Å². The minimum absolute atomic E-state index is 0.208. The van der Waals surface area contributed by atoms with E-state index in [1.54, 1.807) is 7.11 Å². The zero-order valence-corrected chi connectivity index (χ0v) is 10.7. The van der Waals surface area contributed by atoms with Crippen molar-refractivity contribution in [2.45, 2.75) is 19.4 Å². The summed E-state index contributed by atoms with van der Waals surface area (Å²) in [6.45, 7) is 5.89. The summed E-state index contributed by atoms with van der Waals surface area (Å²) >= 11 is 0. The first-order valence-corrected chi connectivity index (χ1v) is 6.16. The van der Waals surface area contributed by atoms with Crippen LogP contribution in [0.1, 0.15) is 19.4 Å². The van der Waals surface area contributed by atoms with Crippen LogP contribution in [0.25, 0.3) is 0 Å². The molecule has 0 aromatic heterocycles. The monoisotopic (exact) mass is 235 g/mol. The zero-order valence-electron chi connectivity index (χ0n) is 10.7. The standard InChI is InChI=1S/C14H21NO2/c1-10-8-15-9-11(2)14(10,16)12-4-6-13(17-3)7-5-12/h4-7,10-11,15-16H,8-9H2,1-3H3/t10-,11+,14-. The molecule has 1 heterocycles. The van der Waals surface area contributed by atoms with Crippen molar-refractivity contribution in [2.75, 3.05) is 20.2 Å². The number of nitrogens with one attached hydrogen (secondary N) is 1. The van der Waals surface area contributed by atoms with Crippen LogP contribution in [-0.4, -0.2) is 25.3 Å². The Bertz CT molecular complexity index is 364. The first kappa shape index (κ1) is 12.4. The summed E-state index contributed by atoms with van der Waals surface area (Å²) in [5, 5.41) is 14.3. The first-order valence-electron chi connectivity index (χ1n) is 6.16. The van der Waals surface area contributed by atoms with E-state index in [4.69, 9.17) is 4.74 Å². The average Bonchev–Trinajstić information content (AvgIpc) is 2.36. The largest absolute Gasteiger partial charge is 0.497 e. The lowest BCUT2D eigenvalue weighted by Crippen LogP contribution is -2.52. The van der Waals surface area contributed by atoms with E-state index < -0.39 is 5.60 Å². The molecule has 3 atom stereocenters. The molecule has 2 N–H and O–H groups in total. The summed E-state index contributed by atoms with van der Waals surface area (Å²) in [7, 11) is 1.65. The maximum atomic E-state index is 11.0. The molecule has 2 rings (SSSR count). The Morgan fingerprint density at radius 1 is 1.18 bits per heavy atom. The molecule has 94 valence electrons. The Labute approximate surface area is 103 Å². The lowest BCUT2D eigenvalue weighted by molar-refractivity contribution is -0.0807. The van der Waals surface area contributed by atoms with Crippen molar-refractivity contribution >= 4 is 0 Å². The third kappa shape index (κ3) is 2.05. The van der Waals surface area contributed by atoms with Gasteiger partial charge in [-0.1, -0.05) is 26.0 Å². The van der Waals surface area contributed by atoms with Crippen molar-refractivity contribution in [1.82, 2.24) is 5.32 Å².